The first-order valence-corrected chi connectivity index (χ1v) is 6.67. The van der Waals surface area contributed by atoms with Crippen LogP contribution in [0.2, 0.25) is 13.1 Å². The van der Waals surface area contributed by atoms with Gasteiger partial charge in [-0.2, -0.15) is 0 Å². The van der Waals surface area contributed by atoms with Crippen molar-refractivity contribution in [2.45, 2.75) is 26.9 Å². The third kappa shape index (κ3) is 2.99. The average Bonchev–Trinajstić information content (AvgIpc) is 1.86. The molecule has 0 spiro atoms. The van der Waals surface area contributed by atoms with Gasteiger partial charge in [0.1, 0.15) is 0 Å². The summed E-state index contributed by atoms with van der Waals surface area (Å²) >= 11 is 0. The molecule has 0 aromatic heterocycles. The normalized spacial score (nSPS) is 11.3. The molecule has 0 radical (unpaired) electrons. The number of carbonyl (C=O) groups excluding carboxylic acids is 1. The Bertz CT molecular complexity index is 173. The molecule has 2 nitrogen and oxygen atoms in total. The minimum absolute atomic E-state index is 0.111. The molecule has 0 bridgehead atoms. The maximum Gasteiger partial charge on any atom is 0.264 e. The van der Waals surface area contributed by atoms with Crippen molar-refractivity contribution in [1.82, 2.24) is 0 Å². The van der Waals surface area contributed by atoms with E-state index in [9.17, 15) is 4.79 Å². The average molecular weight is 172 g/mol. The molecule has 0 atom stereocenters. The van der Waals surface area contributed by atoms with E-state index in [1.54, 1.807) is 6.92 Å². The smallest absolute Gasteiger partial charge is 0.264 e. The molecule has 0 fully saturated rings. The number of hydrogen-bond acceptors (Lipinski definition) is 2. The highest BCUT2D eigenvalue weighted by Gasteiger charge is 2.31. The highest BCUT2D eigenvalue weighted by molar-refractivity contribution is 7.01. The number of rotatable bonds is 4. The summed E-state index contributed by atoms with van der Waals surface area (Å²) < 4.78 is 5.38. The molecular formula is C8H16O2Si. The van der Waals surface area contributed by atoms with Crippen LogP contribution >= 0.6 is 0 Å². The quantitative estimate of drug-likeness (QED) is 0.478. The van der Waals surface area contributed by atoms with Crippen LogP contribution in [0.4, 0.5) is 0 Å². The van der Waals surface area contributed by atoms with Crippen LogP contribution in [0.5, 0.6) is 0 Å². The van der Waals surface area contributed by atoms with Gasteiger partial charge < -0.3 is 4.43 Å². The monoisotopic (exact) mass is 172 g/mol. The van der Waals surface area contributed by atoms with Crippen LogP contribution in [-0.2, 0) is 9.22 Å². The zero-order valence-electron chi connectivity index (χ0n) is 7.73. The lowest BCUT2D eigenvalue weighted by molar-refractivity contribution is -0.110. The van der Waals surface area contributed by atoms with Gasteiger partial charge >= 0.3 is 0 Å². The van der Waals surface area contributed by atoms with Crippen molar-refractivity contribution in [3.63, 3.8) is 0 Å². The van der Waals surface area contributed by atoms with Crippen molar-refractivity contribution in [1.29, 1.82) is 0 Å². The molecule has 0 aliphatic heterocycles. The molecule has 0 aliphatic rings. The first kappa shape index (κ1) is 10.6. The highest BCUT2D eigenvalue weighted by Crippen LogP contribution is 2.10. The van der Waals surface area contributed by atoms with Gasteiger partial charge in [-0.1, -0.05) is 6.58 Å². The minimum Gasteiger partial charge on any atom is -0.409 e. The first-order valence-electron chi connectivity index (χ1n) is 3.76. The molecule has 0 saturated carbocycles. The van der Waals surface area contributed by atoms with E-state index in [2.05, 4.69) is 6.58 Å². The largest absolute Gasteiger partial charge is 0.409 e. The van der Waals surface area contributed by atoms with Gasteiger partial charge in [-0.25, -0.2) is 0 Å². The van der Waals surface area contributed by atoms with Crippen LogP contribution in [-0.4, -0.2) is 20.3 Å². The molecule has 0 heterocycles. The Morgan fingerprint density at radius 3 is 2.27 bits per heavy atom. The van der Waals surface area contributed by atoms with Crippen LogP contribution in [0, 0.1) is 0 Å². The van der Waals surface area contributed by atoms with Crippen molar-refractivity contribution in [2.75, 3.05) is 6.61 Å². The Hall–Kier alpha value is -0.413. The molecule has 0 saturated heterocycles. The van der Waals surface area contributed by atoms with E-state index in [1.165, 1.54) is 0 Å². The van der Waals surface area contributed by atoms with Crippen LogP contribution in [0.25, 0.3) is 0 Å². The van der Waals surface area contributed by atoms with Gasteiger partial charge in [-0.05, 0) is 32.5 Å². The third-order valence-corrected chi connectivity index (χ3v) is 3.97. The number of allylic oxidation sites excluding steroid dienone is 1. The summed E-state index contributed by atoms with van der Waals surface area (Å²) in [5.74, 6) is 0. The molecule has 0 aromatic rings. The zero-order chi connectivity index (χ0) is 9.07. The van der Waals surface area contributed by atoms with Gasteiger partial charge in [0.05, 0.1) is 0 Å². The van der Waals surface area contributed by atoms with Gasteiger partial charge in [-0.15, -0.1) is 0 Å². The van der Waals surface area contributed by atoms with Crippen molar-refractivity contribution >= 4 is 13.7 Å². The van der Waals surface area contributed by atoms with Gasteiger partial charge in [0, 0.05) is 6.61 Å². The second-order valence-corrected chi connectivity index (χ2v) is 6.82. The molecule has 0 aliphatic carbocycles. The maximum absolute atomic E-state index is 11.4. The van der Waals surface area contributed by atoms with E-state index in [1.807, 2.05) is 20.0 Å². The molecule has 3 heteroatoms. The van der Waals surface area contributed by atoms with E-state index < -0.39 is 8.32 Å². The van der Waals surface area contributed by atoms with Crippen molar-refractivity contribution in [2.24, 2.45) is 0 Å². The van der Waals surface area contributed by atoms with Crippen molar-refractivity contribution in [3.8, 4) is 0 Å². The molecule has 11 heavy (non-hydrogen) atoms. The molecule has 0 amide bonds. The Kier molecular flexibility index (Phi) is 3.69. The zero-order valence-corrected chi connectivity index (χ0v) is 8.73. The number of hydrogen-bond donors (Lipinski definition) is 0. The maximum atomic E-state index is 11.4. The number of carbonyl (C=O) groups is 1. The predicted octanol–water partition coefficient (Wildman–Crippen LogP) is 1.91. The third-order valence-electron chi connectivity index (χ3n) is 1.44. The van der Waals surface area contributed by atoms with E-state index in [0.29, 0.717) is 12.2 Å². The summed E-state index contributed by atoms with van der Waals surface area (Å²) in [6.07, 6.45) is 0. The van der Waals surface area contributed by atoms with E-state index >= 15 is 0 Å². The summed E-state index contributed by atoms with van der Waals surface area (Å²) in [4.78, 5) is 11.4. The van der Waals surface area contributed by atoms with E-state index in [-0.39, 0.29) is 5.41 Å². The molecule has 0 rings (SSSR count). The summed E-state index contributed by atoms with van der Waals surface area (Å²) in [6.45, 7) is 11.6. The first-order chi connectivity index (χ1) is 4.91. The van der Waals surface area contributed by atoms with Gasteiger partial charge in [-0.3, -0.25) is 4.79 Å². The van der Waals surface area contributed by atoms with Crippen LogP contribution in [0.15, 0.2) is 12.2 Å². The summed E-state index contributed by atoms with van der Waals surface area (Å²) in [7, 11) is -2.11. The predicted molar refractivity (Wildman–Crippen MR) is 48.9 cm³/mol. The standard InChI is InChI=1S/C8H16O2Si/c1-6-10-11(4,5)8(9)7(2)3/h2,6H2,1,3-5H3. The Morgan fingerprint density at radius 2 is 2.00 bits per heavy atom. The molecule has 0 N–H and O–H groups in total. The molecule has 64 valence electrons. The lowest BCUT2D eigenvalue weighted by Crippen LogP contribution is -2.41. The molecule has 0 unspecified atom stereocenters. The van der Waals surface area contributed by atoms with Crippen molar-refractivity contribution in [3.05, 3.63) is 12.2 Å². The lowest BCUT2D eigenvalue weighted by Gasteiger charge is -2.19. The second kappa shape index (κ2) is 3.83. The fourth-order valence-corrected chi connectivity index (χ4v) is 2.82. The van der Waals surface area contributed by atoms with Crippen LogP contribution in [0.3, 0.4) is 0 Å². The highest BCUT2D eigenvalue weighted by atomic mass is 28.4. The summed E-state index contributed by atoms with van der Waals surface area (Å²) in [5.41, 5.74) is 0.607. The molecule has 0 aromatic carbocycles. The lowest BCUT2D eigenvalue weighted by atomic mass is 10.4. The summed E-state index contributed by atoms with van der Waals surface area (Å²) in [6, 6.07) is 0. The molecular weight excluding hydrogens is 156 g/mol. The van der Waals surface area contributed by atoms with Gasteiger partial charge in [0.2, 0.25) is 0 Å². The van der Waals surface area contributed by atoms with Crippen molar-refractivity contribution < 1.29 is 9.22 Å². The topological polar surface area (TPSA) is 26.3 Å². The van der Waals surface area contributed by atoms with Gasteiger partial charge in [0.15, 0.2) is 5.41 Å². The van der Waals surface area contributed by atoms with E-state index in [0.717, 1.165) is 0 Å². The van der Waals surface area contributed by atoms with Gasteiger partial charge in [0.25, 0.3) is 8.32 Å². The minimum atomic E-state index is -2.11. The fourth-order valence-electron chi connectivity index (χ4n) is 0.940. The SMILES string of the molecule is C=C(C)C(=O)[Si](C)(C)OCC. The Labute approximate surface area is 69.4 Å². The van der Waals surface area contributed by atoms with Crippen LogP contribution in [0.1, 0.15) is 13.8 Å². The van der Waals surface area contributed by atoms with E-state index in [4.69, 9.17) is 4.43 Å². The Balaban J connectivity index is 4.29. The second-order valence-electron chi connectivity index (χ2n) is 3.05. The summed E-state index contributed by atoms with van der Waals surface area (Å²) in [5, 5.41) is 0.111. The van der Waals surface area contributed by atoms with Crippen LogP contribution < -0.4 is 0 Å². The Morgan fingerprint density at radius 1 is 1.55 bits per heavy atom. The fraction of sp³-hybridized carbons (Fsp3) is 0.625.